The second-order valence-corrected chi connectivity index (χ2v) is 6.33. The van der Waals surface area contributed by atoms with Crippen molar-refractivity contribution in [1.82, 2.24) is 5.32 Å². The van der Waals surface area contributed by atoms with Crippen molar-refractivity contribution in [3.05, 3.63) is 76.2 Å². The van der Waals surface area contributed by atoms with E-state index in [0.29, 0.717) is 23.3 Å². The lowest BCUT2D eigenvalue weighted by molar-refractivity contribution is -0.115. The largest absolute Gasteiger partial charge is 0.372 e. The standard InChI is InChI=1S/C19H15N3O2S/c20-13-21-19-22-18(23)17(25-19)10-14-6-8-16(9-7-14)12-24-11-15-4-2-1-3-5-15/h1-10H,11-12H2,(H,21,22,23)/b17-10+. The van der Waals surface area contributed by atoms with E-state index in [1.54, 1.807) is 12.3 Å². The fourth-order valence-electron chi connectivity index (χ4n) is 2.25. The molecule has 1 aliphatic rings. The van der Waals surface area contributed by atoms with Crippen LogP contribution >= 0.6 is 11.8 Å². The zero-order valence-corrected chi connectivity index (χ0v) is 14.1. The molecule has 1 N–H and O–H groups in total. The predicted octanol–water partition coefficient (Wildman–Crippen LogP) is 3.44. The van der Waals surface area contributed by atoms with Gasteiger partial charge in [-0.1, -0.05) is 54.6 Å². The average molecular weight is 349 g/mol. The van der Waals surface area contributed by atoms with Crippen molar-refractivity contribution >= 4 is 28.9 Å². The van der Waals surface area contributed by atoms with Crippen molar-refractivity contribution in [2.45, 2.75) is 13.2 Å². The number of benzene rings is 2. The average Bonchev–Trinajstić information content (AvgIpc) is 2.97. The van der Waals surface area contributed by atoms with E-state index in [0.717, 1.165) is 28.5 Å². The van der Waals surface area contributed by atoms with E-state index in [-0.39, 0.29) is 5.91 Å². The number of hydrogen-bond donors (Lipinski definition) is 1. The van der Waals surface area contributed by atoms with Gasteiger partial charge >= 0.3 is 0 Å². The topological polar surface area (TPSA) is 74.5 Å². The van der Waals surface area contributed by atoms with Crippen LogP contribution in [0.25, 0.3) is 6.08 Å². The summed E-state index contributed by atoms with van der Waals surface area (Å²) in [5, 5.41) is 11.4. The first-order valence-electron chi connectivity index (χ1n) is 7.63. The normalized spacial score (nSPS) is 16.8. The Morgan fingerprint density at radius 3 is 2.44 bits per heavy atom. The maximum Gasteiger partial charge on any atom is 0.264 e. The highest BCUT2D eigenvalue weighted by Crippen LogP contribution is 2.25. The van der Waals surface area contributed by atoms with Gasteiger partial charge in [-0.2, -0.15) is 5.26 Å². The van der Waals surface area contributed by atoms with Crippen LogP contribution < -0.4 is 5.32 Å². The minimum atomic E-state index is -0.241. The molecule has 1 saturated heterocycles. The quantitative estimate of drug-likeness (QED) is 0.663. The van der Waals surface area contributed by atoms with Gasteiger partial charge in [-0.25, -0.2) is 0 Å². The molecule has 1 heterocycles. The molecule has 124 valence electrons. The van der Waals surface area contributed by atoms with Crippen LogP contribution in [0.5, 0.6) is 0 Å². The Bertz CT molecular complexity index is 852. The Morgan fingerprint density at radius 2 is 1.76 bits per heavy atom. The molecular formula is C19H15N3O2S. The third-order valence-corrected chi connectivity index (χ3v) is 4.37. The zero-order valence-electron chi connectivity index (χ0n) is 13.3. The van der Waals surface area contributed by atoms with E-state index >= 15 is 0 Å². The van der Waals surface area contributed by atoms with Gasteiger partial charge in [-0.15, -0.1) is 4.99 Å². The number of amidine groups is 1. The molecule has 0 unspecified atom stereocenters. The molecule has 6 heteroatoms. The summed E-state index contributed by atoms with van der Waals surface area (Å²) in [6.45, 7) is 1.10. The number of hydrogen-bond acceptors (Lipinski definition) is 5. The highest BCUT2D eigenvalue weighted by molar-refractivity contribution is 8.18. The summed E-state index contributed by atoms with van der Waals surface area (Å²) in [5.41, 5.74) is 3.11. The molecule has 2 aromatic carbocycles. The number of ether oxygens (including phenoxy) is 1. The lowest BCUT2D eigenvalue weighted by Crippen LogP contribution is -2.19. The molecule has 3 rings (SSSR count). The minimum absolute atomic E-state index is 0.241. The lowest BCUT2D eigenvalue weighted by atomic mass is 10.1. The predicted molar refractivity (Wildman–Crippen MR) is 98.1 cm³/mol. The lowest BCUT2D eigenvalue weighted by Gasteiger charge is -2.05. The Labute approximate surface area is 150 Å². The van der Waals surface area contributed by atoms with Gasteiger partial charge < -0.3 is 4.74 Å². The second-order valence-electron chi connectivity index (χ2n) is 5.30. The number of nitrogens with zero attached hydrogens (tertiary/aromatic N) is 2. The van der Waals surface area contributed by atoms with Gasteiger partial charge in [0.1, 0.15) is 0 Å². The van der Waals surface area contributed by atoms with E-state index in [2.05, 4.69) is 10.3 Å². The maximum absolute atomic E-state index is 11.8. The number of rotatable bonds is 5. The second kappa shape index (κ2) is 8.29. The van der Waals surface area contributed by atoms with Gasteiger partial charge in [-0.05, 0) is 34.5 Å². The summed E-state index contributed by atoms with van der Waals surface area (Å²) < 4.78 is 5.71. The van der Waals surface area contributed by atoms with E-state index in [4.69, 9.17) is 10.00 Å². The molecule has 0 atom stereocenters. The first-order valence-corrected chi connectivity index (χ1v) is 8.44. The molecular weight excluding hydrogens is 334 g/mol. The van der Waals surface area contributed by atoms with Crippen molar-refractivity contribution in [3.63, 3.8) is 0 Å². The van der Waals surface area contributed by atoms with Crippen LogP contribution in [-0.2, 0) is 22.7 Å². The molecule has 2 aromatic rings. The van der Waals surface area contributed by atoms with Crippen LogP contribution in [-0.4, -0.2) is 11.1 Å². The van der Waals surface area contributed by atoms with E-state index in [9.17, 15) is 4.79 Å². The molecule has 1 amide bonds. The van der Waals surface area contributed by atoms with Crippen LogP contribution in [0.4, 0.5) is 0 Å². The number of thioether (sulfide) groups is 1. The van der Waals surface area contributed by atoms with Crippen molar-refractivity contribution in [2.75, 3.05) is 0 Å². The maximum atomic E-state index is 11.8. The van der Waals surface area contributed by atoms with Gasteiger partial charge in [-0.3, -0.25) is 10.1 Å². The number of nitrogens with one attached hydrogen (secondary N) is 1. The SMILES string of the molecule is N#C/N=C1\NC(=O)/C(=C\c2ccc(COCc3ccccc3)cc2)S1. The molecule has 0 bridgehead atoms. The summed E-state index contributed by atoms with van der Waals surface area (Å²) in [6.07, 6.45) is 3.44. The molecule has 0 aliphatic carbocycles. The van der Waals surface area contributed by atoms with Gasteiger partial charge in [0.15, 0.2) is 5.17 Å². The molecule has 0 saturated carbocycles. The van der Waals surface area contributed by atoms with Crippen LogP contribution in [0.3, 0.4) is 0 Å². The number of carbonyl (C=O) groups excluding carboxylic acids is 1. The summed E-state index contributed by atoms with van der Waals surface area (Å²) in [7, 11) is 0. The first-order chi connectivity index (χ1) is 12.2. The van der Waals surface area contributed by atoms with Crippen molar-refractivity contribution in [3.8, 4) is 6.19 Å². The molecule has 25 heavy (non-hydrogen) atoms. The minimum Gasteiger partial charge on any atom is -0.372 e. The van der Waals surface area contributed by atoms with Gasteiger partial charge in [0.2, 0.25) is 6.19 Å². The third-order valence-electron chi connectivity index (χ3n) is 3.46. The number of amides is 1. The Morgan fingerprint density at radius 1 is 1.08 bits per heavy atom. The van der Waals surface area contributed by atoms with Crippen LogP contribution in [0.15, 0.2) is 64.5 Å². The highest BCUT2D eigenvalue weighted by Gasteiger charge is 2.23. The van der Waals surface area contributed by atoms with Crippen LogP contribution in [0.2, 0.25) is 0 Å². The Hall–Kier alpha value is -2.88. The van der Waals surface area contributed by atoms with Gasteiger partial charge in [0, 0.05) is 0 Å². The third kappa shape index (κ3) is 4.80. The monoisotopic (exact) mass is 349 g/mol. The summed E-state index contributed by atoms with van der Waals surface area (Å²) >= 11 is 1.16. The number of nitriles is 1. The highest BCUT2D eigenvalue weighted by atomic mass is 32.2. The van der Waals surface area contributed by atoms with E-state index < -0.39 is 0 Å². The fourth-order valence-corrected chi connectivity index (χ4v) is 3.03. The summed E-state index contributed by atoms with van der Waals surface area (Å²) in [4.78, 5) is 15.8. The zero-order chi connectivity index (χ0) is 17.5. The van der Waals surface area contributed by atoms with E-state index in [1.165, 1.54) is 0 Å². The molecule has 1 fully saturated rings. The molecule has 0 aromatic heterocycles. The molecule has 5 nitrogen and oxygen atoms in total. The van der Waals surface area contributed by atoms with Crippen molar-refractivity contribution in [2.24, 2.45) is 4.99 Å². The number of aliphatic imine (C=N–C) groups is 1. The van der Waals surface area contributed by atoms with Crippen LogP contribution in [0.1, 0.15) is 16.7 Å². The van der Waals surface area contributed by atoms with Crippen molar-refractivity contribution in [1.29, 1.82) is 5.26 Å². The molecule has 1 aliphatic heterocycles. The summed E-state index contributed by atoms with van der Waals surface area (Å²) in [5.74, 6) is -0.241. The van der Waals surface area contributed by atoms with E-state index in [1.807, 2.05) is 54.6 Å². The van der Waals surface area contributed by atoms with Crippen molar-refractivity contribution < 1.29 is 9.53 Å². The van der Waals surface area contributed by atoms with Gasteiger partial charge in [0.25, 0.3) is 5.91 Å². The smallest absolute Gasteiger partial charge is 0.264 e. The van der Waals surface area contributed by atoms with Crippen LogP contribution in [0, 0.1) is 11.5 Å². The summed E-state index contributed by atoms with van der Waals surface area (Å²) in [6, 6.07) is 17.8. The Kier molecular flexibility index (Phi) is 5.62. The Balaban J connectivity index is 1.57. The first kappa shape index (κ1) is 17.0. The fraction of sp³-hybridized carbons (Fsp3) is 0.105. The molecule has 0 radical (unpaired) electrons. The number of carbonyl (C=O) groups is 1. The molecule has 0 spiro atoms. The van der Waals surface area contributed by atoms with Gasteiger partial charge in [0.05, 0.1) is 18.1 Å².